The van der Waals surface area contributed by atoms with Gasteiger partial charge in [-0.05, 0) is 50.3 Å². The van der Waals surface area contributed by atoms with Crippen LogP contribution >= 0.6 is 0 Å². The second kappa shape index (κ2) is 7.18. The van der Waals surface area contributed by atoms with Gasteiger partial charge in [-0.3, -0.25) is 4.79 Å². The summed E-state index contributed by atoms with van der Waals surface area (Å²) in [5.74, 6) is -0.129. The molecule has 0 N–H and O–H groups in total. The van der Waals surface area contributed by atoms with Crippen LogP contribution < -0.4 is 0 Å². The third-order valence-electron chi connectivity index (χ3n) is 6.45. The molecule has 148 valence electrons. The quantitative estimate of drug-likeness (QED) is 0.789. The SMILES string of the molecule is Cc1cccc(S(=O)(=O)N2C[C@H](C(=O)N3CCCC3)C3(CCOCC3)C2)c1. The topological polar surface area (TPSA) is 66.9 Å². The van der Waals surface area contributed by atoms with Crippen LogP contribution in [0.1, 0.15) is 31.2 Å². The molecule has 3 saturated heterocycles. The summed E-state index contributed by atoms with van der Waals surface area (Å²) in [5.41, 5.74) is 0.621. The summed E-state index contributed by atoms with van der Waals surface area (Å²) in [4.78, 5) is 15.5. The van der Waals surface area contributed by atoms with E-state index in [0.29, 0.717) is 24.7 Å². The maximum Gasteiger partial charge on any atom is 0.243 e. The zero-order valence-electron chi connectivity index (χ0n) is 15.9. The minimum atomic E-state index is -3.60. The molecule has 3 heterocycles. The maximum absolute atomic E-state index is 13.3. The molecule has 6 nitrogen and oxygen atoms in total. The second-order valence-corrected chi connectivity index (χ2v) is 10.1. The highest BCUT2D eigenvalue weighted by molar-refractivity contribution is 7.89. The van der Waals surface area contributed by atoms with Crippen LogP contribution in [0.25, 0.3) is 0 Å². The largest absolute Gasteiger partial charge is 0.381 e. The molecular formula is C20H28N2O4S. The molecule has 1 spiro atoms. The van der Waals surface area contributed by atoms with Crippen LogP contribution in [0, 0.1) is 18.3 Å². The van der Waals surface area contributed by atoms with Gasteiger partial charge in [0.05, 0.1) is 10.8 Å². The molecule has 3 aliphatic heterocycles. The van der Waals surface area contributed by atoms with Crippen molar-refractivity contribution in [3.8, 4) is 0 Å². The van der Waals surface area contributed by atoms with Crippen molar-refractivity contribution < 1.29 is 17.9 Å². The normalized spacial score (nSPS) is 26.0. The smallest absolute Gasteiger partial charge is 0.243 e. The Bertz CT molecular complexity index is 811. The van der Waals surface area contributed by atoms with Gasteiger partial charge < -0.3 is 9.64 Å². The molecule has 1 aromatic rings. The second-order valence-electron chi connectivity index (χ2n) is 8.17. The van der Waals surface area contributed by atoms with E-state index in [1.165, 1.54) is 0 Å². The Hall–Kier alpha value is -1.44. The molecule has 0 aliphatic carbocycles. The molecular weight excluding hydrogens is 364 g/mol. The van der Waals surface area contributed by atoms with Gasteiger partial charge in [-0.15, -0.1) is 0 Å². The molecule has 0 unspecified atom stereocenters. The molecule has 7 heteroatoms. The van der Waals surface area contributed by atoms with Crippen LogP contribution in [-0.4, -0.2) is 62.9 Å². The van der Waals surface area contributed by atoms with Gasteiger partial charge in [0.1, 0.15) is 0 Å². The van der Waals surface area contributed by atoms with E-state index in [-0.39, 0.29) is 23.8 Å². The van der Waals surface area contributed by atoms with Crippen LogP contribution in [-0.2, 0) is 19.6 Å². The van der Waals surface area contributed by atoms with Crippen molar-refractivity contribution in [2.24, 2.45) is 11.3 Å². The summed E-state index contributed by atoms with van der Waals surface area (Å²) in [6.07, 6.45) is 3.58. The van der Waals surface area contributed by atoms with E-state index in [1.54, 1.807) is 22.5 Å². The standard InChI is InChI=1S/C20H28N2O4S/c1-16-5-4-6-17(13-16)27(24,25)22-14-18(19(23)21-9-2-3-10-21)20(15-22)7-11-26-12-8-20/h4-6,13,18H,2-3,7-12,14-15H2,1H3/t18-/m1/s1. The average Bonchev–Trinajstić information content (AvgIpc) is 3.31. The molecule has 3 aliphatic rings. The zero-order valence-corrected chi connectivity index (χ0v) is 16.7. The van der Waals surface area contributed by atoms with E-state index in [9.17, 15) is 13.2 Å². The molecule has 0 radical (unpaired) electrons. The van der Waals surface area contributed by atoms with Crippen LogP contribution in [0.3, 0.4) is 0 Å². The monoisotopic (exact) mass is 392 g/mol. The van der Waals surface area contributed by atoms with Gasteiger partial charge in [0, 0.05) is 44.8 Å². The number of ether oxygens (including phenoxy) is 1. The minimum Gasteiger partial charge on any atom is -0.381 e. The fraction of sp³-hybridized carbons (Fsp3) is 0.650. The molecule has 0 aromatic heterocycles. The van der Waals surface area contributed by atoms with Crippen molar-refractivity contribution in [1.29, 1.82) is 0 Å². The Balaban J connectivity index is 1.65. The van der Waals surface area contributed by atoms with Gasteiger partial charge >= 0.3 is 0 Å². The van der Waals surface area contributed by atoms with Crippen molar-refractivity contribution in [2.75, 3.05) is 39.4 Å². The number of hydrogen-bond acceptors (Lipinski definition) is 4. The summed E-state index contributed by atoms with van der Waals surface area (Å²) in [5, 5.41) is 0. The number of nitrogens with zero attached hydrogens (tertiary/aromatic N) is 2. The number of benzene rings is 1. The first kappa shape index (κ1) is 18.9. The summed E-state index contributed by atoms with van der Waals surface area (Å²) in [6.45, 7) is 5.38. The zero-order chi connectivity index (χ0) is 19.1. The molecule has 1 amide bonds. The number of sulfonamides is 1. The molecule has 4 rings (SSSR count). The summed E-state index contributed by atoms with van der Waals surface area (Å²) < 4.78 is 33.6. The van der Waals surface area contributed by atoms with E-state index in [1.807, 2.05) is 17.9 Å². The van der Waals surface area contributed by atoms with Gasteiger partial charge in [-0.25, -0.2) is 8.42 Å². The predicted molar refractivity (Wildman–Crippen MR) is 102 cm³/mol. The molecule has 0 saturated carbocycles. The van der Waals surface area contributed by atoms with Crippen molar-refractivity contribution in [3.63, 3.8) is 0 Å². The fourth-order valence-corrected chi connectivity index (χ4v) is 6.47. The number of aryl methyl sites for hydroxylation is 1. The lowest BCUT2D eigenvalue weighted by Gasteiger charge is -2.38. The fourth-order valence-electron chi connectivity index (χ4n) is 4.81. The number of hydrogen-bond donors (Lipinski definition) is 0. The number of amides is 1. The summed E-state index contributed by atoms with van der Waals surface area (Å²) in [6, 6.07) is 7.02. The Labute approximate surface area is 161 Å². The Morgan fingerprint density at radius 2 is 1.89 bits per heavy atom. The Morgan fingerprint density at radius 1 is 1.19 bits per heavy atom. The molecule has 0 bridgehead atoms. The highest BCUT2D eigenvalue weighted by atomic mass is 32.2. The third kappa shape index (κ3) is 3.41. The average molecular weight is 393 g/mol. The highest BCUT2D eigenvalue weighted by Gasteiger charge is 2.54. The van der Waals surface area contributed by atoms with Crippen LogP contribution in [0.2, 0.25) is 0 Å². The maximum atomic E-state index is 13.3. The Kier molecular flexibility index (Phi) is 5.03. The predicted octanol–water partition coefficient (Wildman–Crippen LogP) is 2.03. The van der Waals surface area contributed by atoms with E-state index >= 15 is 0 Å². The highest BCUT2D eigenvalue weighted by Crippen LogP contribution is 2.46. The lowest BCUT2D eigenvalue weighted by Crippen LogP contribution is -2.45. The van der Waals surface area contributed by atoms with Gasteiger partial charge in [-0.2, -0.15) is 4.31 Å². The number of carbonyl (C=O) groups excluding carboxylic acids is 1. The summed E-state index contributed by atoms with van der Waals surface area (Å²) in [7, 11) is -3.60. The number of likely N-dealkylation sites (tertiary alicyclic amines) is 1. The first-order valence-electron chi connectivity index (χ1n) is 9.86. The molecule has 3 fully saturated rings. The summed E-state index contributed by atoms with van der Waals surface area (Å²) >= 11 is 0. The van der Waals surface area contributed by atoms with Crippen LogP contribution in [0.15, 0.2) is 29.2 Å². The Morgan fingerprint density at radius 3 is 2.56 bits per heavy atom. The number of carbonyl (C=O) groups is 1. The van der Waals surface area contributed by atoms with E-state index in [4.69, 9.17) is 4.74 Å². The van der Waals surface area contributed by atoms with E-state index in [0.717, 1.165) is 44.3 Å². The third-order valence-corrected chi connectivity index (χ3v) is 8.26. The molecule has 1 aromatic carbocycles. The van der Waals surface area contributed by atoms with Gasteiger partial charge in [0.2, 0.25) is 15.9 Å². The van der Waals surface area contributed by atoms with Gasteiger partial charge in [0.25, 0.3) is 0 Å². The van der Waals surface area contributed by atoms with Gasteiger partial charge in [0.15, 0.2) is 0 Å². The van der Waals surface area contributed by atoms with E-state index in [2.05, 4.69) is 0 Å². The van der Waals surface area contributed by atoms with E-state index < -0.39 is 10.0 Å². The first-order valence-corrected chi connectivity index (χ1v) is 11.3. The lowest BCUT2D eigenvalue weighted by atomic mass is 9.71. The first-order chi connectivity index (χ1) is 12.9. The number of rotatable bonds is 3. The molecule has 27 heavy (non-hydrogen) atoms. The lowest BCUT2D eigenvalue weighted by molar-refractivity contribution is -0.139. The van der Waals surface area contributed by atoms with Gasteiger partial charge in [-0.1, -0.05) is 12.1 Å². The molecule has 1 atom stereocenters. The van der Waals surface area contributed by atoms with Crippen LogP contribution in [0.5, 0.6) is 0 Å². The van der Waals surface area contributed by atoms with Crippen LogP contribution in [0.4, 0.5) is 0 Å². The van der Waals surface area contributed by atoms with Crippen molar-refractivity contribution in [2.45, 2.75) is 37.5 Å². The van der Waals surface area contributed by atoms with Crippen molar-refractivity contribution >= 4 is 15.9 Å². The van der Waals surface area contributed by atoms with Crippen molar-refractivity contribution in [1.82, 2.24) is 9.21 Å². The van der Waals surface area contributed by atoms with Crippen molar-refractivity contribution in [3.05, 3.63) is 29.8 Å². The minimum absolute atomic E-state index is 0.136.